The van der Waals surface area contributed by atoms with E-state index in [9.17, 15) is 0 Å². The molecule has 1 unspecified atom stereocenters. The predicted molar refractivity (Wildman–Crippen MR) is 82.2 cm³/mol. The van der Waals surface area contributed by atoms with Crippen LogP contribution in [0.4, 0.5) is 0 Å². The molecule has 2 N–H and O–H groups in total. The molecule has 3 rings (SSSR count). The minimum atomic E-state index is 0.288. The Bertz CT molecular complexity index is 567. The van der Waals surface area contributed by atoms with E-state index < -0.39 is 0 Å². The third kappa shape index (κ3) is 2.52. The second-order valence-electron chi connectivity index (χ2n) is 6.35. The molecule has 1 nitrogen and oxygen atoms in total. The van der Waals surface area contributed by atoms with Gasteiger partial charge in [0.25, 0.3) is 0 Å². The van der Waals surface area contributed by atoms with Crippen LogP contribution in [-0.4, -0.2) is 6.04 Å². The summed E-state index contributed by atoms with van der Waals surface area (Å²) >= 11 is 0. The van der Waals surface area contributed by atoms with Crippen molar-refractivity contribution in [1.82, 2.24) is 0 Å². The first-order valence-electron chi connectivity index (χ1n) is 7.41. The van der Waals surface area contributed by atoms with Gasteiger partial charge in [0.15, 0.2) is 0 Å². The molecule has 1 atom stereocenters. The number of fused-ring (bicyclic) bond motifs is 1. The van der Waals surface area contributed by atoms with E-state index in [0.717, 1.165) is 6.42 Å². The van der Waals surface area contributed by atoms with Crippen LogP contribution in [0.3, 0.4) is 0 Å². The summed E-state index contributed by atoms with van der Waals surface area (Å²) < 4.78 is 0. The molecule has 1 fully saturated rings. The summed E-state index contributed by atoms with van der Waals surface area (Å²) in [5, 5.41) is 2.63. The van der Waals surface area contributed by atoms with Gasteiger partial charge in [-0.2, -0.15) is 0 Å². The molecular formula is C18H23N. The molecule has 2 aromatic carbocycles. The lowest BCUT2D eigenvalue weighted by Crippen LogP contribution is -2.39. The second kappa shape index (κ2) is 4.97. The minimum Gasteiger partial charge on any atom is -0.327 e. The third-order valence-electron chi connectivity index (χ3n) is 4.91. The number of rotatable bonds is 3. The van der Waals surface area contributed by atoms with E-state index in [-0.39, 0.29) is 6.04 Å². The standard InChI is InChI=1S/C18H23N/c1-18(10-4-5-11-18)17(19)13-14-8-9-15-6-2-3-7-16(15)12-14/h2-3,6-9,12,17H,4-5,10-11,13,19H2,1H3. The topological polar surface area (TPSA) is 26.0 Å². The number of hydrogen-bond donors (Lipinski definition) is 1. The smallest absolute Gasteiger partial charge is 0.0133 e. The summed E-state index contributed by atoms with van der Waals surface area (Å²) in [7, 11) is 0. The summed E-state index contributed by atoms with van der Waals surface area (Å²) in [6.45, 7) is 2.37. The summed E-state index contributed by atoms with van der Waals surface area (Å²) in [5.41, 5.74) is 8.22. The first kappa shape index (κ1) is 12.7. The molecule has 0 bridgehead atoms. The average Bonchev–Trinajstić information content (AvgIpc) is 2.87. The summed E-state index contributed by atoms with van der Waals surface area (Å²) in [5.74, 6) is 0. The van der Waals surface area contributed by atoms with Crippen LogP contribution in [0, 0.1) is 5.41 Å². The summed E-state index contributed by atoms with van der Waals surface area (Å²) in [6, 6.07) is 15.6. The van der Waals surface area contributed by atoms with Crippen molar-refractivity contribution < 1.29 is 0 Å². The van der Waals surface area contributed by atoms with Crippen LogP contribution in [0.25, 0.3) is 10.8 Å². The molecule has 0 aromatic heterocycles. The molecule has 1 saturated carbocycles. The van der Waals surface area contributed by atoms with E-state index in [0.29, 0.717) is 5.41 Å². The Hall–Kier alpha value is -1.34. The molecule has 0 radical (unpaired) electrons. The molecule has 1 aliphatic rings. The van der Waals surface area contributed by atoms with Crippen LogP contribution in [0.5, 0.6) is 0 Å². The lowest BCUT2D eigenvalue weighted by atomic mass is 9.78. The van der Waals surface area contributed by atoms with Crippen molar-refractivity contribution >= 4 is 10.8 Å². The Morgan fingerprint density at radius 2 is 1.74 bits per heavy atom. The second-order valence-corrected chi connectivity index (χ2v) is 6.35. The first-order chi connectivity index (χ1) is 9.17. The maximum absolute atomic E-state index is 6.49. The summed E-state index contributed by atoms with van der Waals surface area (Å²) in [4.78, 5) is 0. The quantitative estimate of drug-likeness (QED) is 0.867. The lowest BCUT2D eigenvalue weighted by molar-refractivity contribution is 0.260. The van der Waals surface area contributed by atoms with Gasteiger partial charge >= 0.3 is 0 Å². The van der Waals surface area contributed by atoms with E-state index in [2.05, 4.69) is 49.4 Å². The van der Waals surface area contributed by atoms with Gasteiger partial charge in [-0.15, -0.1) is 0 Å². The number of hydrogen-bond acceptors (Lipinski definition) is 1. The zero-order valence-electron chi connectivity index (χ0n) is 11.7. The van der Waals surface area contributed by atoms with Crippen molar-refractivity contribution in [2.45, 2.75) is 45.1 Å². The van der Waals surface area contributed by atoms with Gasteiger partial charge in [0.2, 0.25) is 0 Å². The molecule has 0 heterocycles. The third-order valence-corrected chi connectivity index (χ3v) is 4.91. The van der Waals surface area contributed by atoms with E-state index in [1.165, 1.54) is 42.0 Å². The van der Waals surface area contributed by atoms with Crippen molar-refractivity contribution in [2.75, 3.05) is 0 Å². The minimum absolute atomic E-state index is 0.288. The fourth-order valence-electron chi connectivity index (χ4n) is 3.42. The fourth-order valence-corrected chi connectivity index (χ4v) is 3.42. The molecule has 2 aromatic rings. The summed E-state index contributed by atoms with van der Waals surface area (Å²) in [6.07, 6.45) is 6.29. The Labute approximate surface area is 115 Å². The van der Waals surface area contributed by atoms with E-state index >= 15 is 0 Å². The van der Waals surface area contributed by atoms with Crippen molar-refractivity contribution in [3.63, 3.8) is 0 Å². The molecule has 1 heteroatoms. The number of benzene rings is 2. The van der Waals surface area contributed by atoms with Crippen LogP contribution < -0.4 is 5.73 Å². The van der Waals surface area contributed by atoms with Gasteiger partial charge in [-0.25, -0.2) is 0 Å². The molecule has 0 aliphatic heterocycles. The van der Waals surface area contributed by atoms with Crippen LogP contribution in [0.1, 0.15) is 38.2 Å². The van der Waals surface area contributed by atoms with Gasteiger partial charge < -0.3 is 5.73 Å². The van der Waals surface area contributed by atoms with E-state index in [1.54, 1.807) is 0 Å². The van der Waals surface area contributed by atoms with Gasteiger partial charge in [-0.05, 0) is 41.0 Å². The molecule has 100 valence electrons. The van der Waals surface area contributed by atoms with Gasteiger partial charge in [-0.3, -0.25) is 0 Å². The monoisotopic (exact) mass is 253 g/mol. The predicted octanol–water partition coefficient (Wildman–Crippen LogP) is 4.29. The van der Waals surface area contributed by atoms with E-state index in [1.807, 2.05) is 0 Å². The van der Waals surface area contributed by atoms with Crippen molar-refractivity contribution in [3.8, 4) is 0 Å². The molecule has 0 amide bonds. The van der Waals surface area contributed by atoms with Crippen molar-refractivity contribution in [2.24, 2.45) is 11.1 Å². The molecule has 19 heavy (non-hydrogen) atoms. The first-order valence-corrected chi connectivity index (χ1v) is 7.41. The molecule has 0 saturated heterocycles. The Morgan fingerprint density at radius 1 is 1.05 bits per heavy atom. The largest absolute Gasteiger partial charge is 0.327 e. The SMILES string of the molecule is CC1(C(N)Cc2ccc3ccccc3c2)CCCC1. The van der Waals surface area contributed by atoms with Gasteiger partial charge in [0, 0.05) is 6.04 Å². The Balaban J connectivity index is 1.81. The van der Waals surface area contributed by atoms with Crippen molar-refractivity contribution in [1.29, 1.82) is 0 Å². The highest BCUT2D eigenvalue weighted by molar-refractivity contribution is 5.82. The number of nitrogens with two attached hydrogens (primary N) is 1. The maximum Gasteiger partial charge on any atom is 0.0133 e. The highest BCUT2D eigenvalue weighted by Gasteiger charge is 2.34. The highest BCUT2D eigenvalue weighted by atomic mass is 14.7. The maximum atomic E-state index is 6.49. The highest BCUT2D eigenvalue weighted by Crippen LogP contribution is 2.40. The zero-order valence-corrected chi connectivity index (χ0v) is 11.7. The Morgan fingerprint density at radius 3 is 2.47 bits per heavy atom. The molecular weight excluding hydrogens is 230 g/mol. The van der Waals surface area contributed by atoms with Gasteiger partial charge in [-0.1, -0.05) is 62.2 Å². The van der Waals surface area contributed by atoms with E-state index in [4.69, 9.17) is 5.73 Å². The lowest BCUT2D eigenvalue weighted by Gasteiger charge is -2.31. The Kier molecular flexibility index (Phi) is 3.32. The van der Waals surface area contributed by atoms with Gasteiger partial charge in [0.05, 0.1) is 0 Å². The van der Waals surface area contributed by atoms with Crippen LogP contribution >= 0.6 is 0 Å². The van der Waals surface area contributed by atoms with Crippen LogP contribution in [0.2, 0.25) is 0 Å². The van der Waals surface area contributed by atoms with Crippen LogP contribution in [-0.2, 0) is 6.42 Å². The van der Waals surface area contributed by atoms with Crippen LogP contribution in [0.15, 0.2) is 42.5 Å². The normalized spacial score (nSPS) is 19.7. The molecule has 1 aliphatic carbocycles. The fraction of sp³-hybridized carbons (Fsp3) is 0.444. The van der Waals surface area contributed by atoms with Crippen molar-refractivity contribution in [3.05, 3.63) is 48.0 Å². The molecule has 0 spiro atoms. The zero-order chi connectivity index (χ0) is 13.3. The average molecular weight is 253 g/mol. The van der Waals surface area contributed by atoms with Gasteiger partial charge in [0.1, 0.15) is 0 Å².